The molecule has 2 N–H and O–H groups in total. The van der Waals surface area contributed by atoms with Crippen LogP contribution in [0.3, 0.4) is 0 Å². The summed E-state index contributed by atoms with van der Waals surface area (Å²) in [5.41, 5.74) is 3.10. The SMILES string of the molecule is O=C(NC(=S)Nc1ccc2oc(-c3cccc4c(Br)cccc34)nc2c1)c1ccc(-c2cccc([N+](=O)[O-])c2)o1. The number of oxazole rings is 1. The lowest BCUT2D eigenvalue weighted by Crippen LogP contribution is -2.33. The van der Waals surface area contributed by atoms with Crippen LogP contribution in [0.5, 0.6) is 0 Å². The molecule has 196 valence electrons. The van der Waals surface area contributed by atoms with Gasteiger partial charge in [-0.15, -0.1) is 0 Å². The molecule has 0 aliphatic heterocycles. The van der Waals surface area contributed by atoms with Crippen molar-refractivity contribution in [3.05, 3.63) is 111 Å². The molecule has 6 rings (SSSR count). The molecule has 1 amide bonds. The number of hydrogen-bond donors (Lipinski definition) is 2. The lowest BCUT2D eigenvalue weighted by Gasteiger charge is -2.08. The number of furan rings is 1. The standard InChI is InChI=1S/C29H17BrN4O5S/c30-22-9-3-6-19-20(22)7-2-8-21(19)28-32-23-15-17(10-11-25(23)39-28)31-29(40)33-27(35)26-13-12-24(38-26)16-4-1-5-18(14-16)34(36)37/h1-15H,(H2,31,33,35,40). The molecular formula is C29H17BrN4O5S. The minimum Gasteiger partial charge on any atom is -0.451 e. The van der Waals surface area contributed by atoms with Crippen LogP contribution in [0.15, 0.2) is 104 Å². The molecule has 0 unspecified atom stereocenters. The van der Waals surface area contributed by atoms with Crippen molar-refractivity contribution in [3.8, 4) is 22.8 Å². The van der Waals surface area contributed by atoms with Crippen molar-refractivity contribution in [2.45, 2.75) is 0 Å². The summed E-state index contributed by atoms with van der Waals surface area (Å²) in [4.78, 5) is 27.9. The molecule has 9 nitrogen and oxygen atoms in total. The highest BCUT2D eigenvalue weighted by Gasteiger charge is 2.17. The molecule has 0 saturated heterocycles. The predicted molar refractivity (Wildman–Crippen MR) is 159 cm³/mol. The number of anilines is 1. The number of hydrogen-bond acceptors (Lipinski definition) is 7. The molecule has 0 radical (unpaired) electrons. The molecular weight excluding hydrogens is 596 g/mol. The molecule has 6 aromatic rings. The predicted octanol–water partition coefficient (Wildman–Crippen LogP) is 7.71. The monoisotopic (exact) mass is 612 g/mol. The molecule has 4 aromatic carbocycles. The van der Waals surface area contributed by atoms with Gasteiger partial charge in [0.15, 0.2) is 16.5 Å². The van der Waals surface area contributed by atoms with Crippen LogP contribution in [0, 0.1) is 10.1 Å². The minimum absolute atomic E-state index is 0.00368. The van der Waals surface area contributed by atoms with E-state index in [1.165, 1.54) is 18.2 Å². The molecule has 0 aliphatic carbocycles. The van der Waals surface area contributed by atoms with Gasteiger partial charge in [-0.3, -0.25) is 20.2 Å². The van der Waals surface area contributed by atoms with Gasteiger partial charge < -0.3 is 14.2 Å². The number of thiocarbonyl (C=S) groups is 1. The second-order valence-corrected chi connectivity index (χ2v) is 9.98. The summed E-state index contributed by atoms with van der Waals surface area (Å²) in [6.07, 6.45) is 0. The molecule has 0 atom stereocenters. The van der Waals surface area contributed by atoms with E-state index in [0.29, 0.717) is 34.0 Å². The van der Waals surface area contributed by atoms with Gasteiger partial charge >= 0.3 is 0 Å². The molecule has 40 heavy (non-hydrogen) atoms. The maximum atomic E-state index is 12.7. The van der Waals surface area contributed by atoms with Crippen molar-refractivity contribution >= 4 is 72.4 Å². The summed E-state index contributed by atoms with van der Waals surface area (Å²) in [7, 11) is 0. The van der Waals surface area contributed by atoms with Crippen molar-refractivity contribution in [1.29, 1.82) is 0 Å². The molecule has 0 saturated carbocycles. The number of nitrogens with one attached hydrogen (secondary N) is 2. The summed E-state index contributed by atoms with van der Waals surface area (Å²) in [5, 5.41) is 18.7. The highest BCUT2D eigenvalue weighted by Crippen LogP contribution is 2.34. The molecule has 0 spiro atoms. The number of amides is 1. The van der Waals surface area contributed by atoms with E-state index in [0.717, 1.165) is 20.8 Å². The van der Waals surface area contributed by atoms with Gasteiger partial charge in [-0.1, -0.05) is 52.3 Å². The van der Waals surface area contributed by atoms with Crippen LogP contribution < -0.4 is 10.6 Å². The van der Waals surface area contributed by atoms with E-state index in [2.05, 4.69) is 31.5 Å². The second-order valence-electron chi connectivity index (χ2n) is 8.72. The number of aromatic nitrogens is 1. The van der Waals surface area contributed by atoms with Crippen molar-refractivity contribution in [2.75, 3.05) is 5.32 Å². The molecule has 0 fully saturated rings. The van der Waals surface area contributed by atoms with Crippen LogP contribution >= 0.6 is 28.1 Å². The first-order valence-electron chi connectivity index (χ1n) is 11.9. The number of nitrogens with zero attached hydrogens (tertiary/aromatic N) is 2. The Hall–Kier alpha value is -4.87. The molecule has 0 aliphatic rings. The van der Waals surface area contributed by atoms with Crippen LogP contribution in [0.25, 0.3) is 44.7 Å². The Bertz CT molecular complexity index is 1970. The fraction of sp³-hybridized carbons (Fsp3) is 0. The Balaban J connectivity index is 1.17. The van der Waals surface area contributed by atoms with Gasteiger partial charge in [-0.2, -0.15) is 0 Å². The van der Waals surface area contributed by atoms with Crippen molar-refractivity contribution in [1.82, 2.24) is 10.3 Å². The molecule has 11 heteroatoms. The van der Waals surface area contributed by atoms with Crippen molar-refractivity contribution in [2.24, 2.45) is 0 Å². The van der Waals surface area contributed by atoms with Crippen molar-refractivity contribution in [3.63, 3.8) is 0 Å². The lowest BCUT2D eigenvalue weighted by molar-refractivity contribution is -0.384. The van der Waals surface area contributed by atoms with Gasteiger partial charge in [0, 0.05) is 33.4 Å². The maximum absolute atomic E-state index is 12.7. The minimum atomic E-state index is -0.568. The third-order valence-electron chi connectivity index (χ3n) is 6.14. The van der Waals surface area contributed by atoms with Crippen LogP contribution in [0.2, 0.25) is 0 Å². The van der Waals surface area contributed by atoms with Crippen LogP contribution in [0.1, 0.15) is 10.6 Å². The van der Waals surface area contributed by atoms with Gasteiger partial charge in [0.2, 0.25) is 5.89 Å². The topological polar surface area (TPSA) is 123 Å². The van der Waals surface area contributed by atoms with E-state index in [-0.39, 0.29) is 16.6 Å². The average molecular weight is 613 g/mol. The van der Waals surface area contributed by atoms with E-state index in [1.54, 1.807) is 36.4 Å². The van der Waals surface area contributed by atoms with Gasteiger partial charge in [-0.25, -0.2) is 4.98 Å². The number of nitro benzene ring substituents is 1. The summed E-state index contributed by atoms with van der Waals surface area (Å²) in [6.45, 7) is 0. The first kappa shape index (κ1) is 25.4. The Morgan fingerprint density at radius 1 is 0.925 bits per heavy atom. The fourth-order valence-electron chi connectivity index (χ4n) is 4.29. The Labute approximate surface area is 240 Å². The zero-order valence-electron chi connectivity index (χ0n) is 20.4. The Kier molecular flexibility index (Phi) is 6.58. The van der Waals surface area contributed by atoms with Crippen molar-refractivity contribution < 1.29 is 18.6 Å². The summed E-state index contributed by atoms with van der Waals surface area (Å²) in [5.74, 6) is 0.243. The second kappa shape index (κ2) is 10.4. The summed E-state index contributed by atoms with van der Waals surface area (Å²) < 4.78 is 12.6. The van der Waals surface area contributed by atoms with Crippen LogP contribution in [-0.4, -0.2) is 20.9 Å². The molecule has 2 heterocycles. The van der Waals surface area contributed by atoms with E-state index < -0.39 is 10.8 Å². The third-order valence-corrected chi connectivity index (χ3v) is 7.04. The first-order valence-corrected chi connectivity index (χ1v) is 13.1. The van der Waals surface area contributed by atoms with Gasteiger partial charge in [0.05, 0.1) is 4.92 Å². The quantitative estimate of drug-likeness (QED) is 0.115. The van der Waals surface area contributed by atoms with Gasteiger partial charge in [0.25, 0.3) is 11.6 Å². The summed E-state index contributed by atoms with van der Waals surface area (Å²) >= 11 is 8.91. The zero-order chi connectivity index (χ0) is 27.8. The largest absolute Gasteiger partial charge is 0.451 e. The van der Waals surface area contributed by atoms with Gasteiger partial charge in [-0.05, 0) is 65.5 Å². The van der Waals surface area contributed by atoms with Crippen LogP contribution in [-0.2, 0) is 0 Å². The number of nitro groups is 1. The lowest BCUT2D eigenvalue weighted by atomic mass is 10.0. The first-order chi connectivity index (χ1) is 19.4. The number of fused-ring (bicyclic) bond motifs is 2. The number of rotatable bonds is 5. The highest BCUT2D eigenvalue weighted by atomic mass is 79.9. The molecule has 2 aromatic heterocycles. The van der Waals surface area contributed by atoms with E-state index in [4.69, 9.17) is 21.1 Å². The number of non-ortho nitro benzene ring substituents is 1. The maximum Gasteiger partial charge on any atom is 0.293 e. The average Bonchev–Trinajstić information content (AvgIpc) is 3.61. The Morgan fingerprint density at radius 3 is 2.58 bits per heavy atom. The molecule has 0 bridgehead atoms. The van der Waals surface area contributed by atoms with E-state index >= 15 is 0 Å². The van der Waals surface area contributed by atoms with Crippen LogP contribution in [0.4, 0.5) is 11.4 Å². The normalized spacial score (nSPS) is 11.0. The number of carbonyl (C=O) groups is 1. The van der Waals surface area contributed by atoms with E-state index in [9.17, 15) is 14.9 Å². The smallest absolute Gasteiger partial charge is 0.293 e. The highest BCUT2D eigenvalue weighted by molar-refractivity contribution is 9.10. The number of benzene rings is 4. The third kappa shape index (κ3) is 4.95. The zero-order valence-corrected chi connectivity index (χ0v) is 22.8. The fourth-order valence-corrected chi connectivity index (χ4v) is 5.00. The number of carbonyl (C=O) groups excluding carboxylic acids is 1. The van der Waals surface area contributed by atoms with E-state index in [1.807, 2.05) is 36.4 Å². The van der Waals surface area contributed by atoms with Gasteiger partial charge in [0.1, 0.15) is 11.3 Å². The summed E-state index contributed by atoms with van der Waals surface area (Å²) in [6, 6.07) is 26.2. The Morgan fingerprint density at radius 2 is 1.73 bits per heavy atom. The number of halogens is 1.